The van der Waals surface area contributed by atoms with Gasteiger partial charge in [0.05, 0.1) is 11.1 Å². The molecule has 0 aromatic heterocycles. The van der Waals surface area contributed by atoms with Crippen LogP contribution in [0.25, 0.3) is 0 Å². The van der Waals surface area contributed by atoms with Gasteiger partial charge in [-0.25, -0.2) is 4.79 Å². The summed E-state index contributed by atoms with van der Waals surface area (Å²) in [5, 5.41) is 0.414. The fraction of sp³-hybridized carbons (Fsp3) is 0.368. The Bertz CT molecular complexity index is 790. The van der Waals surface area contributed by atoms with Crippen LogP contribution < -0.4 is 0 Å². The van der Waals surface area contributed by atoms with Crippen LogP contribution >= 0.6 is 0 Å². The van der Waals surface area contributed by atoms with E-state index in [1.165, 1.54) is 12.1 Å². The van der Waals surface area contributed by atoms with E-state index in [4.69, 9.17) is 9.57 Å². The summed E-state index contributed by atoms with van der Waals surface area (Å²) >= 11 is 0. The molecular formula is C19H19NO6. The van der Waals surface area contributed by atoms with Crippen LogP contribution in [0.3, 0.4) is 0 Å². The van der Waals surface area contributed by atoms with Crippen molar-refractivity contribution in [2.75, 3.05) is 0 Å². The lowest BCUT2D eigenvalue weighted by molar-refractivity contribution is -0.192. The Labute approximate surface area is 150 Å². The molecule has 1 aromatic carbocycles. The predicted molar refractivity (Wildman–Crippen MR) is 89.7 cm³/mol. The summed E-state index contributed by atoms with van der Waals surface area (Å²) in [6.07, 6.45) is 3.52. The van der Waals surface area contributed by atoms with Crippen molar-refractivity contribution in [3.8, 4) is 0 Å². The lowest BCUT2D eigenvalue weighted by Crippen LogP contribution is -2.46. The van der Waals surface area contributed by atoms with E-state index in [-0.39, 0.29) is 24.0 Å². The van der Waals surface area contributed by atoms with E-state index in [1.807, 2.05) is 0 Å². The van der Waals surface area contributed by atoms with Gasteiger partial charge in [0.1, 0.15) is 5.60 Å². The highest BCUT2D eigenvalue weighted by Crippen LogP contribution is 2.38. The zero-order valence-electron chi connectivity index (χ0n) is 14.8. The fourth-order valence-electron chi connectivity index (χ4n) is 2.87. The van der Waals surface area contributed by atoms with E-state index in [0.717, 1.165) is 0 Å². The van der Waals surface area contributed by atoms with E-state index in [2.05, 4.69) is 0 Å². The molecule has 3 rings (SSSR count). The topological polar surface area (TPSA) is 90.0 Å². The second kappa shape index (κ2) is 6.09. The number of carbonyl (C=O) groups is 4. The van der Waals surface area contributed by atoms with Crippen molar-refractivity contribution in [1.82, 2.24) is 5.06 Å². The van der Waals surface area contributed by atoms with Crippen LogP contribution in [0, 0.1) is 5.41 Å². The number of rotatable bonds is 3. The van der Waals surface area contributed by atoms with E-state index in [9.17, 15) is 19.2 Å². The monoisotopic (exact) mass is 357 g/mol. The molecule has 2 amide bonds. The molecule has 0 saturated carbocycles. The molecule has 0 spiro atoms. The minimum Gasteiger partial charge on any atom is -0.459 e. The normalized spacial score (nSPS) is 18.0. The van der Waals surface area contributed by atoms with Crippen LogP contribution in [0.2, 0.25) is 0 Å². The summed E-state index contributed by atoms with van der Waals surface area (Å²) in [6, 6.07) is 6.17. The Balaban J connectivity index is 1.83. The lowest BCUT2D eigenvalue weighted by atomic mass is 9.85. The van der Waals surface area contributed by atoms with Gasteiger partial charge in [-0.2, -0.15) is 0 Å². The average molecular weight is 357 g/mol. The van der Waals surface area contributed by atoms with Gasteiger partial charge in [0.25, 0.3) is 11.8 Å². The maximum atomic E-state index is 12.8. The minimum absolute atomic E-state index is 0.0872. The second-order valence-electron chi connectivity index (χ2n) is 7.29. The lowest BCUT2D eigenvalue weighted by Gasteiger charge is -2.29. The van der Waals surface area contributed by atoms with Crippen molar-refractivity contribution in [3.63, 3.8) is 0 Å². The number of carbonyl (C=O) groups excluding carboxylic acids is 4. The molecule has 0 N–H and O–H groups in total. The van der Waals surface area contributed by atoms with Gasteiger partial charge in [0, 0.05) is 0 Å². The zero-order valence-corrected chi connectivity index (χ0v) is 14.8. The summed E-state index contributed by atoms with van der Waals surface area (Å²) in [5.41, 5.74) is -2.08. The quantitative estimate of drug-likeness (QED) is 0.357. The summed E-state index contributed by atoms with van der Waals surface area (Å²) in [4.78, 5) is 55.2. The van der Waals surface area contributed by atoms with Crippen LogP contribution in [0.1, 0.15) is 54.3 Å². The zero-order chi connectivity index (χ0) is 19.1. The third kappa shape index (κ3) is 2.89. The van der Waals surface area contributed by atoms with Gasteiger partial charge in [-0.1, -0.05) is 29.3 Å². The number of imide groups is 1. The Morgan fingerprint density at radius 2 is 1.46 bits per heavy atom. The molecule has 0 unspecified atom stereocenters. The molecule has 0 radical (unpaired) electrons. The molecule has 1 heterocycles. The smallest absolute Gasteiger partial charge is 0.351 e. The molecule has 1 aromatic rings. The highest BCUT2D eigenvalue weighted by atomic mass is 16.7. The van der Waals surface area contributed by atoms with Crippen molar-refractivity contribution in [2.24, 2.45) is 5.41 Å². The van der Waals surface area contributed by atoms with E-state index >= 15 is 0 Å². The third-order valence-corrected chi connectivity index (χ3v) is 4.21. The van der Waals surface area contributed by atoms with Gasteiger partial charge in [-0.05, 0) is 45.7 Å². The maximum absolute atomic E-state index is 12.8. The first-order valence-corrected chi connectivity index (χ1v) is 8.24. The number of hydroxylamine groups is 2. The molecule has 2 aliphatic rings. The van der Waals surface area contributed by atoms with Crippen LogP contribution in [0.5, 0.6) is 0 Å². The molecule has 136 valence electrons. The first kappa shape index (κ1) is 17.8. The third-order valence-electron chi connectivity index (χ3n) is 4.21. The van der Waals surface area contributed by atoms with E-state index in [0.29, 0.717) is 5.06 Å². The maximum Gasteiger partial charge on any atom is 0.351 e. The number of hydrogen-bond donors (Lipinski definition) is 0. The summed E-state index contributed by atoms with van der Waals surface area (Å²) in [6.45, 7) is 5.07. The van der Waals surface area contributed by atoms with Crippen molar-refractivity contribution in [1.29, 1.82) is 0 Å². The Hall–Kier alpha value is -2.96. The molecule has 1 aliphatic heterocycles. The SMILES string of the molecule is CC(C)(C)OC(=O)C1(C(=O)ON2C(=O)c3ccccc3C2=O)CC=CC1. The predicted octanol–water partition coefficient (Wildman–Crippen LogP) is 2.42. The van der Waals surface area contributed by atoms with Crippen molar-refractivity contribution in [3.05, 3.63) is 47.5 Å². The Kier molecular flexibility index (Phi) is 4.18. The molecule has 0 atom stereocenters. The average Bonchev–Trinajstić information content (AvgIpc) is 3.15. The van der Waals surface area contributed by atoms with Gasteiger partial charge in [0.15, 0.2) is 5.41 Å². The largest absolute Gasteiger partial charge is 0.459 e. The van der Waals surface area contributed by atoms with Gasteiger partial charge in [-0.3, -0.25) is 14.4 Å². The second-order valence-corrected chi connectivity index (χ2v) is 7.29. The first-order valence-electron chi connectivity index (χ1n) is 8.24. The molecule has 7 heteroatoms. The molecule has 1 aliphatic carbocycles. The first-order chi connectivity index (χ1) is 12.2. The molecule has 0 fully saturated rings. The van der Waals surface area contributed by atoms with Crippen molar-refractivity contribution < 1.29 is 28.8 Å². The number of ether oxygens (including phenoxy) is 1. The number of benzene rings is 1. The van der Waals surface area contributed by atoms with Crippen LogP contribution in [0.4, 0.5) is 0 Å². The number of nitrogens with zero attached hydrogens (tertiary/aromatic N) is 1. The standard InChI is InChI=1S/C19H19NO6/c1-18(2,3)25-16(23)19(10-6-7-11-19)17(24)26-20-14(21)12-8-4-5-9-13(12)15(20)22/h4-9H,10-11H2,1-3H3. The Morgan fingerprint density at radius 3 is 1.92 bits per heavy atom. The van der Waals surface area contributed by atoms with Gasteiger partial charge in [-0.15, -0.1) is 0 Å². The van der Waals surface area contributed by atoms with Crippen molar-refractivity contribution >= 4 is 23.8 Å². The van der Waals surface area contributed by atoms with Crippen LogP contribution in [0.15, 0.2) is 36.4 Å². The van der Waals surface area contributed by atoms with Crippen LogP contribution in [-0.2, 0) is 19.2 Å². The number of amides is 2. The molecule has 0 saturated heterocycles. The van der Waals surface area contributed by atoms with Gasteiger partial charge in [0.2, 0.25) is 0 Å². The summed E-state index contributed by atoms with van der Waals surface area (Å²) in [5.74, 6) is -3.18. The van der Waals surface area contributed by atoms with E-state index in [1.54, 1.807) is 45.1 Å². The fourth-order valence-corrected chi connectivity index (χ4v) is 2.87. The minimum atomic E-state index is -1.59. The highest BCUT2D eigenvalue weighted by Gasteiger charge is 2.53. The molecule has 26 heavy (non-hydrogen) atoms. The molecule has 0 bridgehead atoms. The number of hydrogen-bond acceptors (Lipinski definition) is 6. The number of allylic oxidation sites excluding steroid dienone is 2. The van der Waals surface area contributed by atoms with Crippen molar-refractivity contribution in [2.45, 2.75) is 39.2 Å². The van der Waals surface area contributed by atoms with Gasteiger partial charge < -0.3 is 9.57 Å². The number of esters is 1. The highest BCUT2D eigenvalue weighted by molar-refractivity contribution is 6.21. The van der Waals surface area contributed by atoms with Gasteiger partial charge >= 0.3 is 11.9 Å². The van der Waals surface area contributed by atoms with E-state index < -0.39 is 34.8 Å². The molecule has 7 nitrogen and oxygen atoms in total. The van der Waals surface area contributed by atoms with Crippen LogP contribution in [-0.4, -0.2) is 34.4 Å². The number of fused-ring (bicyclic) bond motifs is 1. The summed E-state index contributed by atoms with van der Waals surface area (Å²) in [7, 11) is 0. The summed E-state index contributed by atoms with van der Waals surface area (Å²) < 4.78 is 5.36. The Morgan fingerprint density at radius 1 is 0.962 bits per heavy atom. The molecular weight excluding hydrogens is 338 g/mol.